The first-order chi connectivity index (χ1) is 12.7. The van der Waals surface area contributed by atoms with Gasteiger partial charge in [-0.05, 0) is 37.1 Å². The molecule has 0 bridgehead atoms. The van der Waals surface area contributed by atoms with Crippen LogP contribution in [0.2, 0.25) is 0 Å². The highest BCUT2D eigenvalue weighted by molar-refractivity contribution is 5.94. The average molecular weight is 350 g/mol. The molecule has 4 rings (SSSR count). The van der Waals surface area contributed by atoms with Crippen LogP contribution in [0.3, 0.4) is 0 Å². The van der Waals surface area contributed by atoms with Gasteiger partial charge in [0.1, 0.15) is 11.3 Å². The predicted molar refractivity (Wildman–Crippen MR) is 96.8 cm³/mol. The van der Waals surface area contributed by atoms with Crippen molar-refractivity contribution in [2.45, 2.75) is 12.8 Å². The average Bonchev–Trinajstić information content (AvgIpc) is 3.22. The zero-order valence-corrected chi connectivity index (χ0v) is 14.4. The number of nitrogens with zero attached hydrogens (tertiary/aromatic N) is 4. The Bertz CT molecular complexity index is 1040. The molecule has 0 saturated carbocycles. The van der Waals surface area contributed by atoms with Crippen LogP contribution in [-0.4, -0.2) is 45.5 Å². The fraction of sp³-hybridized carbons (Fsp3) is 0.263. The maximum atomic E-state index is 13.2. The van der Waals surface area contributed by atoms with Crippen LogP contribution in [0.1, 0.15) is 23.3 Å². The van der Waals surface area contributed by atoms with E-state index in [4.69, 9.17) is 4.74 Å². The summed E-state index contributed by atoms with van der Waals surface area (Å²) >= 11 is 0. The smallest absolute Gasteiger partial charge is 0.288 e. The van der Waals surface area contributed by atoms with E-state index in [1.807, 2.05) is 12.1 Å². The van der Waals surface area contributed by atoms with E-state index < -0.39 is 5.56 Å². The van der Waals surface area contributed by atoms with Crippen LogP contribution in [0, 0.1) is 0 Å². The molecule has 0 N–H and O–H groups in total. The number of rotatable bonds is 3. The minimum absolute atomic E-state index is 0.0849. The minimum atomic E-state index is -0.488. The van der Waals surface area contributed by atoms with Crippen molar-refractivity contribution in [3.05, 3.63) is 58.6 Å². The molecule has 3 heterocycles. The molecule has 1 amide bonds. The van der Waals surface area contributed by atoms with Gasteiger partial charge in [-0.15, -0.1) is 0 Å². The first-order valence-corrected chi connectivity index (χ1v) is 8.51. The van der Waals surface area contributed by atoms with Crippen molar-refractivity contribution < 1.29 is 9.53 Å². The van der Waals surface area contributed by atoms with Gasteiger partial charge >= 0.3 is 0 Å². The molecule has 1 fully saturated rings. The van der Waals surface area contributed by atoms with Crippen molar-refractivity contribution >= 4 is 17.1 Å². The fourth-order valence-corrected chi connectivity index (χ4v) is 3.27. The highest BCUT2D eigenvalue weighted by Gasteiger charge is 2.26. The number of methoxy groups -OCH3 is 1. The Hall–Kier alpha value is -3.22. The molecule has 1 aromatic carbocycles. The number of hydrogen-bond donors (Lipinski definition) is 0. The standard InChI is InChI=1S/C19H18N4O3/c1-26-15-9-3-2-8-14(15)23-17-13(7-6-10-20-17)21-16(19(23)25)18(24)22-11-4-5-12-22/h2-3,6-10H,4-5,11-12H2,1H3. The summed E-state index contributed by atoms with van der Waals surface area (Å²) in [6.07, 6.45) is 3.49. The molecular weight excluding hydrogens is 332 g/mol. The first-order valence-electron chi connectivity index (χ1n) is 8.51. The molecule has 0 aliphatic carbocycles. The minimum Gasteiger partial charge on any atom is -0.495 e. The number of fused-ring (bicyclic) bond motifs is 1. The highest BCUT2D eigenvalue weighted by Crippen LogP contribution is 2.23. The lowest BCUT2D eigenvalue weighted by Crippen LogP contribution is -2.36. The van der Waals surface area contributed by atoms with Gasteiger partial charge in [-0.2, -0.15) is 0 Å². The molecule has 0 atom stereocenters. The lowest BCUT2D eigenvalue weighted by Gasteiger charge is -2.17. The third-order valence-corrected chi connectivity index (χ3v) is 4.54. The Morgan fingerprint density at radius 1 is 1.12 bits per heavy atom. The second-order valence-electron chi connectivity index (χ2n) is 6.12. The molecule has 1 aliphatic heterocycles. The van der Waals surface area contributed by atoms with E-state index in [1.165, 1.54) is 11.7 Å². The summed E-state index contributed by atoms with van der Waals surface area (Å²) in [5.74, 6) is 0.189. The molecule has 0 unspecified atom stereocenters. The lowest BCUT2D eigenvalue weighted by molar-refractivity contribution is 0.0785. The zero-order chi connectivity index (χ0) is 18.1. The SMILES string of the molecule is COc1ccccc1-n1c(=O)c(C(=O)N2CCCC2)nc2cccnc21. The predicted octanol–water partition coefficient (Wildman–Crippen LogP) is 2.03. The summed E-state index contributed by atoms with van der Waals surface area (Å²) < 4.78 is 6.81. The molecule has 0 radical (unpaired) electrons. The zero-order valence-electron chi connectivity index (χ0n) is 14.4. The van der Waals surface area contributed by atoms with Crippen LogP contribution >= 0.6 is 0 Å². The van der Waals surface area contributed by atoms with Gasteiger partial charge < -0.3 is 9.64 Å². The van der Waals surface area contributed by atoms with Crippen LogP contribution < -0.4 is 10.3 Å². The van der Waals surface area contributed by atoms with Gasteiger partial charge in [-0.1, -0.05) is 12.1 Å². The quantitative estimate of drug-likeness (QED) is 0.722. The largest absolute Gasteiger partial charge is 0.495 e. The van der Waals surface area contributed by atoms with Crippen molar-refractivity contribution in [2.24, 2.45) is 0 Å². The molecular formula is C19H18N4O3. The van der Waals surface area contributed by atoms with Gasteiger partial charge in [0, 0.05) is 19.3 Å². The summed E-state index contributed by atoms with van der Waals surface area (Å²) in [7, 11) is 1.54. The molecule has 1 aliphatic rings. The van der Waals surface area contributed by atoms with E-state index in [-0.39, 0.29) is 11.6 Å². The molecule has 3 aromatic rings. The third-order valence-electron chi connectivity index (χ3n) is 4.54. The number of aromatic nitrogens is 3. The van der Waals surface area contributed by atoms with Crippen molar-refractivity contribution in [1.82, 2.24) is 19.4 Å². The van der Waals surface area contributed by atoms with Crippen molar-refractivity contribution in [3.8, 4) is 11.4 Å². The normalized spacial score (nSPS) is 14.0. The number of carbonyl (C=O) groups is 1. The monoisotopic (exact) mass is 350 g/mol. The maximum Gasteiger partial charge on any atom is 0.288 e. The highest BCUT2D eigenvalue weighted by atomic mass is 16.5. The van der Waals surface area contributed by atoms with Gasteiger partial charge in [-0.25, -0.2) is 9.97 Å². The van der Waals surface area contributed by atoms with Crippen LogP contribution in [-0.2, 0) is 0 Å². The maximum absolute atomic E-state index is 13.2. The van der Waals surface area contributed by atoms with Crippen LogP contribution in [0.15, 0.2) is 47.4 Å². The summed E-state index contributed by atoms with van der Waals surface area (Å²) in [5.41, 5.74) is 0.831. The van der Waals surface area contributed by atoms with Gasteiger partial charge in [0.25, 0.3) is 11.5 Å². The van der Waals surface area contributed by atoms with Gasteiger partial charge in [0.05, 0.1) is 12.8 Å². The van der Waals surface area contributed by atoms with Crippen LogP contribution in [0.4, 0.5) is 0 Å². The Morgan fingerprint density at radius 2 is 1.88 bits per heavy atom. The molecule has 1 saturated heterocycles. The van der Waals surface area contributed by atoms with E-state index in [1.54, 1.807) is 35.4 Å². The lowest BCUT2D eigenvalue weighted by atomic mass is 10.2. The van der Waals surface area contributed by atoms with Crippen LogP contribution in [0.5, 0.6) is 5.75 Å². The second kappa shape index (κ2) is 6.59. The van der Waals surface area contributed by atoms with E-state index in [9.17, 15) is 9.59 Å². The molecule has 0 spiro atoms. The topological polar surface area (TPSA) is 77.3 Å². The van der Waals surface area contributed by atoms with E-state index in [0.29, 0.717) is 35.7 Å². The van der Waals surface area contributed by atoms with E-state index in [2.05, 4.69) is 9.97 Å². The number of para-hydroxylation sites is 2. The number of carbonyl (C=O) groups excluding carboxylic acids is 1. The van der Waals surface area contributed by atoms with Gasteiger partial charge in [0.2, 0.25) is 0 Å². The summed E-state index contributed by atoms with van der Waals surface area (Å²) in [4.78, 5) is 36.4. The molecule has 7 heteroatoms. The Balaban J connectivity index is 2.00. The van der Waals surface area contributed by atoms with Gasteiger partial charge in [-0.3, -0.25) is 14.2 Å². The Kier molecular flexibility index (Phi) is 4.12. The molecule has 7 nitrogen and oxygen atoms in total. The number of amides is 1. The number of hydrogen-bond acceptors (Lipinski definition) is 5. The summed E-state index contributed by atoms with van der Waals surface area (Å²) in [6, 6.07) is 10.6. The van der Waals surface area contributed by atoms with Crippen molar-refractivity contribution in [1.29, 1.82) is 0 Å². The Labute approximate surface area is 149 Å². The number of likely N-dealkylation sites (tertiary alicyclic amines) is 1. The molecule has 26 heavy (non-hydrogen) atoms. The number of pyridine rings is 1. The van der Waals surface area contributed by atoms with Gasteiger partial charge in [0.15, 0.2) is 11.3 Å². The summed E-state index contributed by atoms with van der Waals surface area (Å²) in [6.45, 7) is 1.30. The summed E-state index contributed by atoms with van der Waals surface area (Å²) in [5, 5.41) is 0. The number of ether oxygens (including phenoxy) is 1. The van der Waals surface area contributed by atoms with Crippen molar-refractivity contribution in [3.63, 3.8) is 0 Å². The van der Waals surface area contributed by atoms with Crippen molar-refractivity contribution in [2.75, 3.05) is 20.2 Å². The fourth-order valence-electron chi connectivity index (χ4n) is 3.27. The Morgan fingerprint density at radius 3 is 2.65 bits per heavy atom. The van der Waals surface area contributed by atoms with E-state index in [0.717, 1.165) is 12.8 Å². The molecule has 2 aromatic heterocycles. The molecule has 132 valence electrons. The third kappa shape index (κ3) is 2.61. The number of benzene rings is 1. The second-order valence-corrected chi connectivity index (χ2v) is 6.12. The first kappa shape index (κ1) is 16.3. The van der Waals surface area contributed by atoms with Crippen LogP contribution in [0.25, 0.3) is 16.9 Å². The van der Waals surface area contributed by atoms with E-state index >= 15 is 0 Å².